The monoisotopic (exact) mass is 408 g/mol. The standard InChI is InChI=1S/C24H20N6O/c1-15(2)30-23-17(13-27-30)11-18(14-26-23)28-24(31)20-12-22(16-7-9-25-10-8-16)29-21-6-4-3-5-19(20)21/h3-15H,1-2H3,(H,28,31). The number of carbonyl (C=O) groups is 1. The molecule has 1 aromatic carbocycles. The molecule has 0 bridgehead atoms. The summed E-state index contributed by atoms with van der Waals surface area (Å²) in [5, 5.41) is 9.04. The summed E-state index contributed by atoms with van der Waals surface area (Å²) in [7, 11) is 0. The molecule has 0 aliphatic carbocycles. The number of anilines is 1. The second-order valence-corrected chi connectivity index (χ2v) is 7.58. The van der Waals surface area contributed by atoms with Gasteiger partial charge in [0.1, 0.15) is 0 Å². The van der Waals surface area contributed by atoms with Gasteiger partial charge in [0.25, 0.3) is 5.91 Å². The van der Waals surface area contributed by atoms with Crippen LogP contribution in [0.25, 0.3) is 33.2 Å². The Kier molecular flexibility index (Phi) is 4.63. The first-order valence-electron chi connectivity index (χ1n) is 10.0. The van der Waals surface area contributed by atoms with Crippen LogP contribution in [0.1, 0.15) is 30.2 Å². The summed E-state index contributed by atoms with van der Waals surface area (Å²) < 4.78 is 1.86. The van der Waals surface area contributed by atoms with E-state index in [1.165, 1.54) is 0 Å². The summed E-state index contributed by atoms with van der Waals surface area (Å²) in [6.45, 7) is 4.11. The third-order valence-electron chi connectivity index (χ3n) is 5.12. The largest absolute Gasteiger partial charge is 0.321 e. The molecule has 0 spiro atoms. The number of benzene rings is 1. The molecule has 0 atom stereocenters. The Balaban J connectivity index is 1.54. The van der Waals surface area contributed by atoms with Crippen molar-refractivity contribution in [2.24, 2.45) is 0 Å². The van der Waals surface area contributed by atoms with Crippen LogP contribution in [-0.4, -0.2) is 30.6 Å². The first kappa shape index (κ1) is 18.9. The molecule has 7 heteroatoms. The number of para-hydroxylation sites is 1. The van der Waals surface area contributed by atoms with Crippen LogP contribution >= 0.6 is 0 Å². The van der Waals surface area contributed by atoms with Crippen LogP contribution in [0.5, 0.6) is 0 Å². The van der Waals surface area contributed by atoms with Crippen molar-refractivity contribution in [3.05, 3.63) is 78.9 Å². The van der Waals surface area contributed by atoms with Crippen molar-refractivity contribution in [3.8, 4) is 11.3 Å². The molecule has 5 rings (SSSR count). The lowest BCUT2D eigenvalue weighted by molar-refractivity contribution is 0.102. The van der Waals surface area contributed by atoms with Crippen LogP contribution in [0, 0.1) is 0 Å². The normalized spacial score (nSPS) is 11.3. The Hall–Kier alpha value is -4.13. The molecule has 152 valence electrons. The van der Waals surface area contributed by atoms with E-state index in [0.29, 0.717) is 11.3 Å². The number of nitrogens with one attached hydrogen (secondary N) is 1. The smallest absolute Gasteiger partial charge is 0.256 e. The highest BCUT2D eigenvalue weighted by molar-refractivity contribution is 6.13. The molecule has 31 heavy (non-hydrogen) atoms. The topological polar surface area (TPSA) is 85.6 Å². The average molecular weight is 408 g/mol. The Morgan fingerprint density at radius 3 is 2.65 bits per heavy atom. The number of pyridine rings is 3. The molecule has 0 unspecified atom stereocenters. The zero-order valence-corrected chi connectivity index (χ0v) is 17.1. The average Bonchev–Trinajstić information content (AvgIpc) is 3.22. The number of rotatable bonds is 4. The van der Waals surface area contributed by atoms with Crippen LogP contribution in [0.4, 0.5) is 5.69 Å². The highest BCUT2D eigenvalue weighted by Gasteiger charge is 2.15. The van der Waals surface area contributed by atoms with Gasteiger partial charge in [0.05, 0.1) is 34.9 Å². The molecule has 4 heterocycles. The minimum absolute atomic E-state index is 0.209. The maximum absolute atomic E-state index is 13.3. The fraction of sp³-hybridized carbons (Fsp3) is 0.125. The van der Waals surface area contributed by atoms with Crippen molar-refractivity contribution in [2.75, 3.05) is 5.32 Å². The fourth-order valence-electron chi connectivity index (χ4n) is 3.62. The molecule has 5 aromatic rings. The highest BCUT2D eigenvalue weighted by Crippen LogP contribution is 2.26. The second kappa shape index (κ2) is 7.60. The lowest BCUT2D eigenvalue weighted by Gasteiger charge is -2.11. The van der Waals surface area contributed by atoms with Gasteiger partial charge in [-0.05, 0) is 44.2 Å². The van der Waals surface area contributed by atoms with Crippen LogP contribution < -0.4 is 5.32 Å². The van der Waals surface area contributed by atoms with E-state index < -0.39 is 0 Å². The van der Waals surface area contributed by atoms with E-state index >= 15 is 0 Å². The number of amides is 1. The van der Waals surface area contributed by atoms with E-state index in [0.717, 1.165) is 33.2 Å². The SMILES string of the molecule is CC(C)n1ncc2cc(NC(=O)c3cc(-c4ccncc4)nc4ccccc34)cnc21. The van der Waals surface area contributed by atoms with E-state index in [-0.39, 0.29) is 11.9 Å². The van der Waals surface area contributed by atoms with Gasteiger partial charge in [0.15, 0.2) is 5.65 Å². The number of carbonyl (C=O) groups excluding carboxylic acids is 1. The second-order valence-electron chi connectivity index (χ2n) is 7.58. The zero-order valence-electron chi connectivity index (χ0n) is 17.1. The van der Waals surface area contributed by atoms with Crippen LogP contribution in [-0.2, 0) is 0 Å². The summed E-state index contributed by atoms with van der Waals surface area (Å²) in [5.74, 6) is -0.216. The van der Waals surface area contributed by atoms with Gasteiger partial charge in [-0.15, -0.1) is 0 Å². The molecule has 0 aliphatic heterocycles. The highest BCUT2D eigenvalue weighted by atomic mass is 16.1. The predicted molar refractivity (Wildman–Crippen MR) is 121 cm³/mol. The first-order chi connectivity index (χ1) is 15.1. The molecule has 0 saturated carbocycles. The molecule has 7 nitrogen and oxygen atoms in total. The lowest BCUT2D eigenvalue weighted by Crippen LogP contribution is -2.13. The van der Waals surface area contributed by atoms with Crippen LogP contribution in [0.2, 0.25) is 0 Å². The van der Waals surface area contributed by atoms with E-state index in [9.17, 15) is 4.79 Å². The van der Waals surface area contributed by atoms with Gasteiger partial charge in [0, 0.05) is 34.8 Å². The molecule has 0 aliphatic rings. The van der Waals surface area contributed by atoms with Crippen molar-refractivity contribution < 1.29 is 4.79 Å². The Labute approximate surface area is 178 Å². The summed E-state index contributed by atoms with van der Waals surface area (Å²) in [6, 6.07) is 15.3. The first-order valence-corrected chi connectivity index (χ1v) is 10.0. The number of aromatic nitrogens is 5. The minimum atomic E-state index is -0.216. The van der Waals surface area contributed by atoms with Crippen molar-refractivity contribution in [1.29, 1.82) is 0 Å². The molecular weight excluding hydrogens is 388 g/mol. The number of hydrogen-bond acceptors (Lipinski definition) is 5. The van der Waals surface area contributed by atoms with Gasteiger partial charge in [-0.25, -0.2) is 14.6 Å². The number of fused-ring (bicyclic) bond motifs is 2. The van der Waals surface area contributed by atoms with Gasteiger partial charge in [-0.3, -0.25) is 9.78 Å². The van der Waals surface area contributed by atoms with E-state index in [4.69, 9.17) is 4.98 Å². The van der Waals surface area contributed by atoms with Gasteiger partial charge < -0.3 is 5.32 Å². The predicted octanol–water partition coefficient (Wildman–Crippen LogP) is 4.87. The maximum atomic E-state index is 13.3. The molecule has 0 saturated heterocycles. The lowest BCUT2D eigenvalue weighted by atomic mass is 10.0. The van der Waals surface area contributed by atoms with Crippen molar-refractivity contribution in [3.63, 3.8) is 0 Å². The molecule has 0 radical (unpaired) electrons. The third-order valence-corrected chi connectivity index (χ3v) is 5.12. The van der Waals surface area contributed by atoms with Crippen molar-refractivity contribution in [1.82, 2.24) is 24.7 Å². The molecule has 1 amide bonds. The van der Waals surface area contributed by atoms with E-state index in [2.05, 4.69) is 34.2 Å². The minimum Gasteiger partial charge on any atom is -0.321 e. The van der Waals surface area contributed by atoms with Gasteiger partial charge in [-0.2, -0.15) is 5.10 Å². The van der Waals surface area contributed by atoms with Crippen molar-refractivity contribution >= 4 is 33.5 Å². The van der Waals surface area contributed by atoms with Gasteiger partial charge in [-0.1, -0.05) is 18.2 Å². The third kappa shape index (κ3) is 3.50. The molecular formula is C24H20N6O. The Morgan fingerprint density at radius 2 is 1.84 bits per heavy atom. The zero-order chi connectivity index (χ0) is 21.4. The quantitative estimate of drug-likeness (QED) is 0.458. The Morgan fingerprint density at radius 1 is 1.03 bits per heavy atom. The molecule has 0 fully saturated rings. The van der Waals surface area contributed by atoms with Crippen molar-refractivity contribution in [2.45, 2.75) is 19.9 Å². The summed E-state index contributed by atoms with van der Waals surface area (Å²) in [4.78, 5) is 26.6. The molecule has 1 N–H and O–H groups in total. The summed E-state index contributed by atoms with van der Waals surface area (Å²) >= 11 is 0. The van der Waals surface area contributed by atoms with Gasteiger partial charge >= 0.3 is 0 Å². The maximum Gasteiger partial charge on any atom is 0.256 e. The summed E-state index contributed by atoms with van der Waals surface area (Å²) in [6.07, 6.45) is 6.85. The fourth-order valence-corrected chi connectivity index (χ4v) is 3.62. The Bertz CT molecular complexity index is 1410. The van der Waals surface area contributed by atoms with Gasteiger partial charge in [0.2, 0.25) is 0 Å². The number of nitrogens with zero attached hydrogens (tertiary/aromatic N) is 5. The van der Waals surface area contributed by atoms with Crippen LogP contribution in [0.3, 0.4) is 0 Å². The van der Waals surface area contributed by atoms with E-state index in [1.807, 2.05) is 53.2 Å². The summed E-state index contributed by atoms with van der Waals surface area (Å²) in [5.41, 5.74) is 4.34. The van der Waals surface area contributed by atoms with E-state index in [1.54, 1.807) is 24.8 Å². The molecule has 4 aromatic heterocycles. The number of hydrogen-bond donors (Lipinski definition) is 1. The van der Waals surface area contributed by atoms with Crippen LogP contribution in [0.15, 0.2) is 73.3 Å².